The van der Waals surface area contributed by atoms with Gasteiger partial charge in [-0.25, -0.2) is 0 Å². The lowest BCUT2D eigenvalue weighted by molar-refractivity contribution is 0.427. The number of nitrogen functional groups attached to an aromatic ring is 2. The number of nitrogens with one attached hydrogen (secondary N) is 1. The number of rotatable bonds is 6. The number of pyridine rings is 1. The highest BCUT2D eigenvalue weighted by Gasteiger charge is 2.25. The number of para-hydroxylation sites is 1. The van der Waals surface area contributed by atoms with Gasteiger partial charge in [0.1, 0.15) is 11.6 Å². The maximum atomic E-state index is 13.8. The van der Waals surface area contributed by atoms with Crippen molar-refractivity contribution in [3.8, 4) is 11.1 Å². The molecule has 5 N–H and O–H groups in total. The Morgan fingerprint density at radius 2 is 1.92 bits per heavy atom. The molecule has 1 atom stereocenters. The number of aryl methyl sites for hydroxylation is 2. The van der Waals surface area contributed by atoms with Gasteiger partial charge < -0.3 is 21.0 Å². The molecular formula is C30H32N6O. The molecular weight excluding hydrogens is 460 g/mol. The monoisotopic (exact) mass is 492 g/mol. The molecule has 0 saturated heterocycles. The lowest BCUT2D eigenvalue weighted by Gasteiger charge is -2.28. The van der Waals surface area contributed by atoms with Crippen LogP contribution in [0.15, 0.2) is 71.7 Å². The molecule has 188 valence electrons. The van der Waals surface area contributed by atoms with Gasteiger partial charge >= 0.3 is 0 Å². The average Bonchev–Trinajstić information content (AvgIpc) is 3.45. The molecule has 7 heteroatoms. The van der Waals surface area contributed by atoms with E-state index in [4.69, 9.17) is 11.5 Å². The summed E-state index contributed by atoms with van der Waals surface area (Å²) in [6.07, 6.45) is 5.58. The highest BCUT2D eigenvalue weighted by molar-refractivity contribution is 5.88. The van der Waals surface area contributed by atoms with Gasteiger partial charge in [0.15, 0.2) is 0 Å². The van der Waals surface area contributed by atoms with E-state index in [1.165, 1.54) is 16.5 Å². The molecule has 5 aromatic rings. The first-order valence-electron chi connectivity index (χ1n) is 12.9. The minimum absolute atomic E-state index is 0.0591. The highest BCUT2D eigenvalue weighted by Crippen LogP contribution is 2.33. The van der Waals surface area contributed by atoms with Crippen LogP contribution in [0.5, 0.6) is 0 Å². The number of anilines is 2. The van der Waals surface area contributed by atoms with Crippen molar-refractivity contribution in [2.24, 2.45) is 5.92 Å². The Morgan fingerprint density at radius 1 is 1.05 bits per heavy atom. The van der Waals surface area contributed by atoms with Crippen LogP contribution in [0.25, 0.3) is 22.0 Å². The van der Waals surface area contributed by atoms with Crippen LogP contribution in [0.4, 0.5) is 11.6 Å². The number of aromatic amines is 1. The third-order valence-electron chi connectivity index (χ3n) is 7.67. The van der Waals surface area contributed by atoms with E-state index < -0.39 is 0 Å². The molecule has 0 radical (unpaired) electrons. The number of nitrogens with two attached hydrogens (primary N) is 2. The second kappa shape index (κ2) is 9.32. The zero-order valence-corrected chi connectivity index (χ0v) is 21.1. The van der Waals surface area contributed by atoms with Gasteiger partial charge in [0, 0.05) is 40.5 Å². The van der Waals surface area contributed by atoms with E-state index in [2.05, 4.69) is 53.4 Å². The van der Waals surface area contributed by atoms with Crippen LogP contribution in [0.1, 0.15) is 28.8 Å². The van der Waals surface area contributed by atoms with Crippen molar-refractivity contribution in [3.05, 3.63) is 99.6 Å². The van der Waals surface area contributed by atoms with Crippen molar-refractivity contribution in [2.75, 3.05) is 11.5 Å². The van der Waals surface area contributed by atoms with Crippen molar-refractivity contribution in [2.45, 2.75) is 45.7 Å². The van der Waals surface area contributed by atoms with Gasteiger partial charge in [-0.2, -0.15) is 5.10 Å². The number of aromatic nitrogens is 4. The summed E-state index contributed by atoms with van der Waals surface area (Å²) >= 11 is 0. The molecule has 0 fully saturated rings. The quantitative estimate of drug-likeness (QED) is 0.319. The Kier molecular flexibility index (Phi) is 5.83. The van der Waals surface area contributed by atoms with Crippen molar-refractivity contribution in [1.82, 2.24) is 19.3 Å². The zero-order chi connectivity index (χ0) is 25.5. The third kappa shape index (κ3) is 4.42. The van der Waals surface area contributed by atoms with Crippen molar-refractivity contribution in [3.63, 3.8) is 0 Å². The van der Waals surface area contributed by atoms with Gasteiger partial charge in [0.2, 0.25) is 0 Å². The van der Waals surface area contributed by atoms with Crippen LogP contribution < -0.4 is 17.0 Å². The van der Waals surface area contributed by atoms with Crippen molar-refractivity contribution >= 4 is 22.5 Å². The van der Waals surface area contributed by atoms with E-state index in [0.29, 0.717) is 24.8 Å². The normalized spacial score (nSPS) is 15.2. The second-order valence-electron chi connectivity index (χ2n) is 10.2. The standard InChI is InChI=1S/C30H32N6O/c1-19-5-4-6-21(15-19)24-18-22-16-20(17-25-23-7-2-3-8-26(23)33-29(25)32)9-10-27(22)36(30(24)37)14-13-35-12-11-28(31)34-35/h2-8,11-12,15,18,20,33H,9-10,13-14,16-17,32H2,1H3,(H2,31,34). The number of nitrogens with zero attached hydrogens (tertiary/aromatic N) is 3. The SMILES string of the molecule is Cc1cccc(-c2cc3c(n(CCn4ccc(N)n4)c2=O)CCC(Cc2c(N)[nH]c4ccccc24)C3)c1. The third-order valence-corrected chi connectivity index (χ3v) is 7.67. The molecule has 3 heterocycles. The predicted octanol–water partition coefficient (Wildman–Crippen LogP) is 4.71. The maximum Gasteiger partial charge on any atom is 0.258 e. The fourth-order valence-corrected chi connectivity index (χ4v) is 5.85. The first-order chi connectivity index (χ1) is 18.0. The van der Waals surface area contributed by atoms with E-state index in [0.717, 1.165) is 59.4 Å². The summed E-state index contributed by atoms with van der Waals surface area (Å²) in [6.45, 7) is 3.21. The van der Waals surface area contributed by atoms with Crippen LogP contribution in [-0.4, -0.2) is 19.3 Å². The topological polar surface area (TPSA) is 108 Å². The van der Waals surface area contributed by atoms with E-state index >= 15 is 0 Å². The number of fused-ring (bicyclic) bond motifs is 2. The Balaban J connectivity index is 1.37. The average molecular weight is 493 g/mol. The highest BCUT2D eigenvalue weighted by atomic mass is 16.1. The molecule has 2 aromatic carbocycles. The van der Waals surface area contributed by atoms with Gasteiger partial charge in [0.05, 0.1) is 6.54 Å². The van der Waals surface area contributed by atoms with Crippen LogP contribution in [0, 0.1) is 12.8 Å². The Morgan fingerprint density at radius 3 is 2.73 bits per heavy atom. The van der Waals surface area contributed by atoms with Gasteiger partial charge in [-0.3, -0.25) is 9.48 Å². The Hall–Kier alpha value is -4.26. The van der Waals surface area contributed by atoms with E-state index in [9.17, 15) is 4.79 Å². The van der Waals surface area contributed by atoms with Crippen molar-refractivity contribution < 1.29 is 0 Å². The summed E-state index contributed by atoms with van der Waals surface area (Å²) in [5.74, 6) is 1.70. The van der Waals surface area contributed by atoms with Crippen molar-refractivity contribution in [1.29, 1.82) is 0 Å². The molecule has 1 aliphatic carbocycles. The number of H-pyrrole nitrogens is 1. The molecule has 0 aliphatic heterocycles. The van der Waals surface area contributed by atoms with Gasteiger partial charge in [-0.15, -0.1) is 0 Å². The van der Waals surface area contributed by atoms with Gasteiger partial charge in [0.25, 0.3) is 5.56 Å². The first kappa shape index (κ1) is 23.2. The fourth-order valence-electron chi connectivity index (χ4n) is 5.85. The fraction of sp³-hybridized carbons (Fsp3) is 0.267. The minimum Gasteiger partial charge on any atom is -0.385 e. The Labute approximate surface area is 215 Å². The van der Waals surface area contributed by atoms with Crippen LogP contribution in [-0.2, 0) is 32.4 Å². The van der Waals surface area contributed by atoms with Crippen LogP contribution in [0.3, 0.4) is 0 Å². The summed E-state index contributed by atoms with van der Waals surface area (Å²) < 4.78 is 3.78. The second-order valence-corrected chi connectivity index (χ2v) is 10.2. The smallest absolute Gasteiger partial charge is 0.258 e. The van der Waals surface area contributed by atoms with Gasteiger partial charge in [-0.1, -0.05) is 48.0 Å². The summed E-state index contributed by atoms with van der Waals surface area (Å²) in [5, 5.41) is 5.51. The molecule has 0 bridgehead atoms. The molecule has 3 aromatic heterocycles. The predicted molar refractivity (Wildman–Crippen MR) is 149 cm³/mol. The van der Waals surface area contributed by atoms with E-state index in [1.54, 1.807) is 10.7 Å². The molecule has 7 nitrogen and oxygen atoms in total. The number of hydrogen-bond donors (Lipinski definition) is 3. The van der Waals surface area contributed by atoms with Gasteiger partial charge in [-0.05, 0) is 67.9 Å². The summed E-state index contributed by atoms with van der Waals surface area (Å²) in [7, 11) is 0. The van der Waals surface area contributed by atoms with E-state index in [-0.39, 0.29) is 5.56 Å². The summed E-state index contributed by atoms with van der Waals surface area (Å²) in [5.41, 5.74) is 19.8. The Bertz CT molecular complexity index is 1660. The first-order valence-corrected chi connectivity index (χ1v) is 12.9. The van der Waals surface area contributed by atoms with Crippen LogP contribution >= 0.6 is 0 Å². The number of benzene rings is 2. The minimum atomic E-state index is 0.0591. The molecule has 1 aliphatic rings. The number of hydrogen-bond acceptors (Lipinski definition) is 4. The molecule has 6 rings (SSSR count). The zero-order valence-electron chi connectivity index (χ0n) is 21.1. The maximum absolute atomic E-state index is 13.8. The molecule has 1 unspecified atom stereocenters. The van der Waals surface area contributed by atoms with E-state index in [1.807, 2.05) is 29.0 Å². The summed E-state index contributed by atoms with van der Waals surface area (Å²) in [6, 6.07) is 20.4. The molecule has 0 amide bonds. The molecule has 37 heavy (non-hydrogen) atoms. The lowest BCUT2D eigenvalue weighted by Crippen LogP contribution is -2.31. The molecule has 0 spiro atoms. The molecule has 0 saturated carbocycles. The van der Waals surface area contributed by atoms with Crippen LogP contribution in [0.2, 0.25) is 0 Å². The largest absolute Gasteiger partial charge is 0.385 e. The summed E-state index contributed by atoms with van der Waals surface area (Å²) in [4.78, 5) is 17.1. The lowest BCUT2D eigenvalue weighted by atomic mass is 9.81.